The second-order valence-corrected chi connectivity index (χ2v) is 12.8. The van der Waals surface area contributed by atoms with Crippen molar-refractivity contribution < 1.29 is 9.30 Å². The first-order chi connectivity index (χ1) is 22.3. The van der Waals surface area contributed by atoms with Gasteiger partial charge >= 0.3 is 0 Å². The van der Waals surface area contributed by atoms with E-state index in [1.165, 1.54) is 128 Å². The zero-order valence-corrected chi connectivity index (χ0v) is 28.5. The zero-order valence-electron chi connectivity index (χ0n) is 28.5. The minimum Gasteiger partial charge on any atom is -0.494 e. The summed E-state index contributed by atoms with van der Waals surface area (Å²) in [6, 6.07) is 22.8. The maximum Gasteiger partial charge on any atom is 0.168 e. The minimum atomic E-state index is 0.783. The summed E-state index contributed by atoms with van der Waals surface area (Å²) < 4.78 is 8.24. The van der Waals surface area contributed by atoms with E-state index in [0.717, 1.165) is 43.1 Å². The number of unbranched alkanes of at least 4 members (excludes halogenated alkanes) is 18. The van der Waals surface area contributed by atoms with Crippen LogP contribution >= 0.6 is 0 Å². The Bertz CT molecular complexity index is 1110. The number of nitrogens with zero attached hydrogens (tertiary/aromatic N) is 3. The van der Waals surface area contributed by atoms with Gasteiger partial charge in [0.15, 0.2) is 12.4 Å². The summed E-state index contributed by atoms with van der Waals surface area (Å²) in [4.78, 5) is 0. The third kappa shape index (κ3) is 18.5. The second-order valence-electron chi connectivity index (χ2n) is 12.8. The van der Waals surface area contributed by atoms with Crippen LogP contribution in [0, 0.1) is 0 Å². The van der Waals surface area contributed by atoms with Crippen molar-refractivity contribution >= 4 is 11.4 Å². The Labute approximate surface area is 275 Å². The first-order valence-electron chi connectivity index (χ1n) is 18.5. The van der Waals surface area contributed by atoms with Gasteiger partial charge in [-0.05, 0) is 67.6 Å². The van der Waals surface area contributed by atoms with Crippen molar-refractivity contribution in [3.05, 3.63) is 84.7 Å². The average molecular weight is 613 g/mol. The van der Waals surface area contributed by atoms with Gasteiger partial charge in [-0.15, -0.1) is 0 Å². The van der Waals surface area contributed by atoms with E-state index in [0.29, 0.717) is 0 Å². The molecule has 0 saturated heterocycles. The molecule has 2 aromatic carbocycles. The quantitative estimate of drug-likeness (QED) is 0.0479. The summed E-state index contributed by atoms with van der Waals surface area (Å²) in [7, 11) is 0. The van der Waals surface area contributed by atoms with Gasteiger partial charge < -0.3 is 4.74 Å². The molecule has 246 valence electrons. The Morgan fingerprint density at radius 3 is 1.51 bits per heavy atom. The van der Waals surface area contributed by atoms with E-state index in [1.54, 1.807) is 0 Å². The van der Waals surface area contributed by atoms with Gasteiger partial charge in [-0.1, -0.05) is 128 Å². The second kappa shape index (κ2) is 25.2. The third-order valence-corrected chi connectivity index (χ3v) is 8.73. The number of hydrogen-bond acceptors (Lipinski definition) is 3. The molecule has 3 rings (SSSR count). The third-order valence-electron chi connectivity index (χ3n) is 8.73. The molecule has 0 fully saturated rings. The maximum absolute atomic E-state index is 5.95. The van der Waals surface area contributed by atoms with Crippen LogP contribution in [0.3, 0.4) is 0 Å². The molecule has 0 aliphatic carbocycles. The number of pyridine rings is 1. The predicted octanol–water partition coefficient (Wildman–Crippen LogP) is 12.8. The summed E-state index contributed by atoms with van der Waals surface area (Å²) in [6.07, 6.45) is 32.4. The summed E-state index contributed by atoms with van der Waals surface area (Å²) in [6.45, 7) is 4.21. The van der Waals surface area contributed by atoms with E-state index in [2.05, 4.69) is 76.6 Å². The number of aromatic nitrogens is 1. The highest BCUT2D eigenvalue weighted by molar-refractivity contribution is 5.43. The molecule has 0 atom stereocenters. The van der Waals surface area contributed by atoms with E-state index in [4.69, 9.17) is 4.74 Å². The molecule has 0 bridgehead atoms. The fourth-order valence-electron chi connectivity index (χ4n) is 5.85. The van der Waals surface area contributed by atoms with Crippen molar-refractivity contribution in [3.63, 3.8) is 0 Å². The SMILES string of the molecule is CCCCCCCCCCCCc1ccc(N=Nc2ccc(OCCCCCCCCCCCC[n+]3ccccc3)cc2)cc1. The Morgan fingerprint density at radius 2 is 0.956 bits per heavy atom. The van der Waals surface area contributed by atoms with E-state index >= 15 is 0 Å². The lowest BCUT2D eigenvalue weighted by atomic mass is 10.0. The maximum atomic E-state index is 5.95. The van der Waals surface area contributed by atoms with Crippen LogP contribution in [0.25, 0.3) is 0 Å². The molecular weight excluding hydrogens is 550 g/mol. The van der Waals surface area contributed by atoms with Gasteiger partial charge in [0.1, 0.15) is 12.3 Å². The Kier molecular flexibility index (Phi) is 20.4. The lowest BCUT2D eigenvalue weighted by molar-refractivity contribution is -0.697. The van der Waals surface area contributed by atoms with Gasteiger partial charge in [0, 0.05) is 18.6 Å². The molecule has 0 spiro atoms. The minimum absolute atomic E-state index is 0.783. The van der Waals surface area contributed by atoms with E-state index in [1.807, 2.05) is 24.3 Å². The Morgan fingerprint density at radius 1 is 0.489 bits per heavy atom. The molecule has 0 radical (unpaired) electrons. The van der Waals surface area contributed by atoms with Crippen LogP contribution in [-0.4, -0.2) is 6.61 Å². The highest BCUT2D eigenvalue weighted by Gasteiger charge is 2.00. The standard InChI is InChI=1S/C41H62N3O/c1-2-3-4-5-6-7-10-13-16-20-25-38-26-28-39(29-27-38)42-43-40-30-32-41(33-31-40)45-37-24-18-15-12-9-8-11-14-17-21-34-44-35-22-19-23-36-44/h19,22-23,26-33,35-36H,2-18,20-21,24-25,34,37H2,1H3/q+1. The fraction of sp³-hybridized carbons (Fsp3) is 0.585. The lowest BCUT2D eigenvalue weighted by Crippen LogP contribution is -2.32. The molecule has 4 heteroatoms. The molecule has 3 aromatic rings. The monoisotopic (exact) mass is 612 g/mol. The van der Waals surface area contributed by atoms with E-state index < -0.39 is 0 Å². The molecular formula is C41H62N3O+. The molecule has 0 unspecified atom stereocenters. The first-order valence-corrected chi connectivity index (χ1v) is 18.5. The largest absolute Gasteiger partial charge is 0.494 e. The van der Waals surface area contributed by atoms with Crippen LogP contribution in [0.2, 0.25) is 0 Å². The van der Waals surface area contributed by atoms with Crippen molar-refractivity contribution in [1.29, 1.82) is 0 Å². The summed E-state index contributed by atoms with van der Waals surface area (Å²) in [5, 5.41) is 8.86. The predicted molar refractivity (Wildman–Crippen MR) is 191 cm³/mol. The van der Waals surface area contributed by atoms with Gasteiger partial charge in [0.25, 0.3) is 0 Å². The van der Waals surface area contributed by atoms with Crippen LogP contribution in [0.15, 0.2) is 89.4 Å². The van der Waals surface area contributed by atoms with Gasteiger partial charge in [-0.2, -0.15) is 10.2 Å². The average Bonchev–Trinajstić information content (AvgIpc) is 3.08. The summed E-state index contributed by atoms with van der Waals surface area (Å²) >= 11 is 0. The van der Waals surface area contributed by atoms with Gasteiger partial charge in [-0.3, -0.25) is 0 Å². The van der Waals surface area contributed by atoms with Crippen molar-refractivity contribution in [2.45, 2.75) is 148 Å². The van der Waals surface area contributed by atoms with Crippen molar-refractivity contribution in [1.82, 2.24) is 0 Å². The molecule has 0 N–H and O–H groups in total. The molecule has 0 aliphatic heterocycles. The van der Waals surface area contributed by atoms with Crippen molar-refractivity contribution in [2.75, 3.05) is 6.61 Å². The fourth-order valence-corrected chi connectivity index (χ4v) is 5.85. The molecule has 1 aromatic heterocycles. The summed E-state index contributed by atoms with van der Waals surface area (Å²) in [5.74, 6) is 0.913. The highest BCUT2D eigenvalue weighted by Crippen LogP contribution is 2.22. The topological polar surface area (TPSA) is 37.8 Å². The molecule has 0 saturated carbocycles. The van der Waals surface area contributed by atoms with E-state index in [-0.39, 0.29) is 0 Å². The first kappa shape index (κ1) is 36.5. The molecule has 0 aliphatic rings. The smallest absolute Gasteiger partial charge is 0.168 e. The normalized spacial score (nSPS) is 11.4. The van der Waals surface area contributed by atoms with Crippen LogP contribution in [0.5, 0.6) is 5.75 Å². The zero-order chi connectivity index (χ0) is 31.5. The van der Waals surface area contributed by atoms with Gasteiger partial charge in [0.05, 0.1) is 18.0 Å². The number of ether oxygens (including phenoxy) is 1. The summed E-state index contributed by atoms with van der Waals surface area (Å²) in [5.41, 5.74) is 3.15. The van der Waals surface area contributed by atoms with Gasteiger partial charge in [-0.25, -0.2) is 4.57 Å². The van der Waals surface area contributed by atoms with Crippen LogP contribution in [0.1, 0.15) is 141 Å². The lowest BCUT2D eigenvalue weighted by Gasteiger charge is -2.06. The molecule has 0 amide bonds. The number of hydrogen-bond donors (Lipinski definition) is 0. The van der Waals surface area contributed by atoms with Crippen LogP contribution in [0.4, 0.5) is 11.4 Å². The van der Waals surface area contributed by atoms with Crippen molar-refractivity contribution in [2.24, 2.45) is 10.2 Å². The Balaban J connectivity index is 1.14. The molecule has 45 heavy (non-hydrogen) atoms. The van der Waals surface area contributed by atoms with Crippen LogP contribution < -0.4 is 9.30 Å². The number of aryl methyl sites for hydroxylation is 2. The molecule has 1 heterocycles. The molecule has 4 nitrogen and oxygen atoms in total. The number of azo groups is 1. The van der Waals surface area contributed by atoms with Crippen LogP contribution in [-0.2, 0) is 13.0 Å². The number of rotatable bonds is 27. The Hall–Kier alpha value is -3.01. The van der Waals surface area contributed by atoms with E-state index in [9.17, 15) is 0 Å². The number of benzene rings is 2. The highest BCUT2D eigenvalue weighted by atomic mass is 16.5. The van der Waals surface area contributed by atoms with Gasteiger partial charge in [0.2, 0.25) is 0 Å². The van der Waals surface area contributed by atoms with Crippen molar-refractivity contribution in [3.8, 4) is 5.75 Å².